The van der Waals surface area contributed by atoms with Gasteiger partial charge in [0.1, 0.15) is 11.5 Å². The van der Waals surface area contributed by atoms with Gasteiger partial charge in [0, 0.05) is 5.57 Å². The number of aryl methyl sites for hydroxylation is 1. The maximum atomic E-state index is 12.5. The summed E-state index contributed by atoms with van der Waals surface area (Å²) < 4.78 is 16.5. The van der Waals surface area contributed by atoms with Crippen molar-refractivity contribution in [3.8, 4) is 11.5 Å². The van der Waals surface area contributed by atoms with E-state index in [1.807, 2.05) is 24.3 Å². The van der Waals surface area contributed by atoms with E-state index in [-0.39, 0.29) is 11.9 Å². The number of hydrogen-bond acceptors (Lipinski definition) is 5. The van der Waals surface area contributed by atoms with Crippen molar-refractivity contribution in [2.45, 2.75) is 117 Å². The third-order valence-electron chi connectivity index (χ3n) is 7.18. The number of unbranched alkanes of at least 4 members (excludes halogenated alkanes) is 13. The normalized spacial score (nSPS) is 10.8. The summed E-state index contributed by atoms with van der Waals surface area (Å²) in [5, 5.41) is 0. The van der Waals surface area contributed by atoms with Crippen molar-refractivity contribution in [2.75, 3.05) is 13.2 Å². The lowest BCUT2D eigenvalue weighted by Crippen LogP contribution is -2.08. The van der Waals surface area contributed by atoms with E-state index < -0.39 is 0 Å². The Balaban J connectivity index is 1.50. The van der Waals surface area contributed by atoms with Crippen LogP contribution in [0.5, 0.6) is 11.5 Å². The molecule has 0 saturated carbocycles. The lowest BCUT2D eigenvalue weighted by Gasteiger charge is -2.08. The smallest absolute Gasteiger partial charge is 0.343 e. The second-order valence-corrected chi connectivity index (χ2v) is 11.0. The Kier molecular flexibility index (Phi) is 18.0. The molecule has 2 rings (SSSR count). The Morgan fingerprint density at radius 1 is 0.634 bits per heavy atom. The SMILES string of the molecule is C=C(C)C(=O)OCCCCCCCCCCCOc1ccc(C(=O)Oc2ccc(CCCCCCCC)cc2)cc1. The van der Waals surface area contributed by atoms with Gasteiger partial charge in [-0.2, -0.15) is 0 Å². The molecule has 5 heteroatoms. The second-order valence-electron chi connectivity index (χ2n) is 11.0. The molecule has 2 aromatic carbocycles. The van der Waals surface area contributed by atoms with Crippen LogP contribution >= 0.6 is 0 Å². The van der Waals surface area contributed by atoms with Crippen molar-refractivity contribution in [3.63, 3.8) is 0 Å². The van der Waals surface area contributed by atoms with Crippen LogP contribution in [-0.2, 0) is 16.0 Å². The summed E-state index contributed by atoms with van der Waals surface area (Å²) >= 11 is 0. The van der Waals surface area contributed by atoms with Crippen molar-refractivity contribution < 1.29 is 23.8 Å². The molecule has 0 aliphatic carbocycles. The molecule has 41 heavy (non-hydrogen) atoms. The van der Waals surface area contributed by atoms with E-state index in [2.05, 4.69) is 25.6 Å². The molecule has 0 saturated heterocycles. The van der Waals surface area contributed by atoms with Gasteiger partial charge in [-0.3, -0.25) is 0 Å². The van der Waals surface area contributed by atoms with Gasteiger partial charge in [0.2, 0.25) is 0 Å². The average Bonchev–Trinajstić information content (AvgIpc) is 2.98. The fraction of sp³-hybridized carbons (Fsp3) is 0.556. The Morgan fingerprint density at radius 2 is 1.15 bits per heavy atom. The largest absolute Gasteiger partial charge is 0.494 e. The highest BCUT2D eigenvalue weighted by Crippen LogP contribution is 2.19. The molecule has 0 amide bonds. The third-order valence-corrected chi connectivity index (χ3v) is 7.18. The molecule has 0 heterocycles. The third kappa shape index (κ3) is 16.1. The highest BCUT2D eigenvalue weighted by atomic mass is 16.5. The molecule has 0 bridgehead atoms. The predicted octanol–water partition coefficient (Wildman–Crippen LogP) is 9.82. The summed E-state index contributed by atoms with van der Waals surface area (Å²) in [5.41, 5.74) is 2.26. The standard InChI is InChI=1S/C36H52O5/c1-4-5-6-7-13-16-19-31-20-24-34(25-21-31)41-36(38)32-22-26-33(27-23-32)39-28-17-14-11-9-8-10-12-15-18-29-40-35(37)30(2)3/h20-27H,2,4-19,28-29H2,1,3H3. The molecule has 0 radical (unpaired) electrons. The molecule has 2 aromatic rings. The van der Waals surface area contributed by atoms with Gasteiger partial charge in [-0.15, -0.1) is 0 Å². The molecule has 0 spiro atoms. The van der Waals surface area contributed by atoms with Gasteiger partial charge in [-0.25, -0.2) is 9.59 Å². The molecule has 0 aromatic heterocycles. The van der Waals surface area contributed by atoms with Crippen LogP contribution in [0.4, 0.5) is 0 Å². The van der Waals surface area contributed by atoms with Crippen molar-refractivity contribution >= 4 is 11.9 Å². The summed E-state index contributed by atoms with van der Waals surface area (Å²) in [6, 6.07) is 15.1. The van der Waals surface area contributed by atoms with Crippen LogP contribution < -0.4 is 9.47 Å². The maximum Gasteiger partial charge on any atom is 0.343 e. The van der Waals surface area contributed by atoms with Gasteiger partial charge in [-0.05, 0) is 74.6 Å². The highest BCUT2D eigenvalue weighted by molar-refractivity contribution is 5.91. The van der Waals surface area contributed by atoms with Crippen LogP contribution in [0.1, 0.15) is 126 Å². The minimum absolute atomic E-state index is 0.290. The Morgan fingerprint density at radius 3 is 1.73 bits per heavy atom. The molecule has 226 valence electrons. The van der Waals surface area contributed by atoms with Gasteiger partial charge in [0.05, 0.1) is 18.8 Å². The van der Waals surface area contributed by atoms with Crippen LogP contribution in [-0.4, -0.2) is 25.2 Å². The minimum Gasteiger partial charge on any atom is -0.494 e. The molecular weight excluding hydrogens is 512 g/mol. The van der Waals surface area contributed by atoms with Crippen LogP contribution in [0, 0.1) is 0 Å². The first-order valence-corrected chi connectivity index (χ1v) is 15.9. The average molecular weight is 565 g/mol. The van der Waals surface area contributed by atoms with Crippen molar-refractivity contribution in [1.82, 2.24) is 0 Å². The molecule has 0 unspecified atom stereocenters. The molecule has 0 fully saturated rings. The van der Waals surface area contributed by atoms with E-state index in [1.54, 1.807) is 19.1 Å². The Labute approximate surface area is 248 Å². The molecular formula is C36H52O5. The number of carbonyl (C=O) groups is 2. The quantitative estimate of drug-likeness (QED) is 0.0582. The lowest BCUT2D eigenvalue weighted by atomic mass is 10.0. The number of benzene rings is 2. The lowest BCUT2D eigenvalue weighted by molar-refractivity contribution is -0.139. The van der Waals surface area contributed by atoms with Gasteiger partial charge >= 0.3 is 11.9 Å². The maximum absolute atomic E-state index is 12.5. The van der Waals surface area contributed by atoms with Gasteiger partial charge in [0.15, 0.2) is 0 Å². The van der Waals surface area contributed by atoms with Crippen LogP contribution in [0.2, 0.25) is 0 Å². The van der Waals surface area contributed by atoms with Crippen molar-refractivity contribution in [2.24, 2.45) is 0 Å². The molecule has 5 nitrogen and oxygen atoms in total. The number of ether oxygens (including phenoxy) is 3. The van der Waals surface area contributed by atoms with Crippen LogP contribution in [0.25, 0.3) is 0 Å². The number of carbonyl (C=O) groups excluding carboxylic acids is 2. The van der Waals surface area contributed by atoms with Gasteiger partial charge < -0.3 is 14.2 Å². The summed E-state index contributed by atoms with van der Waals surface area (Å²) in [4.78, 5) is 23.8. The fourth-order valence-electron chi connectivity index (χ4n) is 4.61. The Bertz CT molecular complexity index is 994. The second kappa shape index (κ2) is 21.6. The zero-order valence-corrected chi connectivity index (χ0v) is 25.6. The molecule has 0 atom stereocenters. The van der Waals surface area contributed by atoms with E-state index >= 15 is 0 Å². The summed E-state index contributed by atoms with van der Waals surface area (Å²) in [7, 11) is 0. The number of esters is 2. The molecule has 0 aliphatic rings. The first kappa shape index (κ1) is 34.1. The zero-order chi connectivity index (χ0) is 29.5. The first-order chi connectivity index (χ1) is 20.0. The summed E-state index contributed by atoms with van der Waals surface area (Å²) in [6.45, 7) is 8.66. The van der Waals surface area contributed by atoms with E-state index in [0.29, 0.717) is 30.1 Å². The molecule has 0 N–H and O–H groups in total. The summed E-state index contributed by atoms with van der Waals surface area (Å²) in [5.74, 6) is 0.700. The summed E-state index contributed by atoms with van der Waals surface area (Å²) in [6.07, 6.45) is 19.1. The van der Waals surface area contributed by atoms with Crippen LogP contribution in [0.3, 0.4) is 0 Å². The molecule has 0 aliphatic heterocycles. The van der Waals surface area contributed by atoms with Gasteiger partial charge in [-0.1, -0.05) is 103 Å². The highest BCUT2D eigenvalue weighted by Gasteiger charge is 2.09. The monoisotopic (exact) mass is 564 g/mol. The van der Waals surface area contributed by atoms with E-state index in [0.717, 1.165) is 37.9 Å². The van der Waals surface area contributed by atoms with E-state index in [4.69, 9.17) is 14.2 Å². The number of hydrogen-bond donors (Lipinski definition) is 0. The Hall–Kier alpha value is -3.08. The predicted molar refractivity (Wildman–Crippen MR) is 168 cm³/mol. The van der Waals surface area contributed by atoms with E-state index in [9.17, 15) is 9.59 Å². The number of rotatable bonds is 23. The van der Waals surface area contributed by atoms with Crippen molar-refractivity contribution in [3.05, 3.63) is 71.8 Å². The van der Waals surface area contributed by atoms with Crippen molar-refractivity contribution in [1.29, 1.82) is 0 Å². The van der Waals surface area contributed by atoms with E-state index in [1.165, 1.54) is 76.2 Å². The fourth-order valence-corrected chi connectivity index (χ4v) is 4.61. The topological polar surface area (TPSA) is 61.8 Å². The first-order valence-electron chi connectivity index (χ1n) is 15.9. The van der Waals surface area contributed by atoms with Crippen LogP contribution in [0.15, 0.2) is 60.7 Å². The van der Waals surface area contributed by atoms with Gasteiger partial charge in [0.25, 0.3) is 0 Å². The zero-order valence-electron chi connectivity index (χ0n) is 25.6. The minimum atomic E-state index is -0.355.